The van der Waals surface area contributed by atoms with E-state index >= 15 is 0 Å². The molecule has 0 radical (unpaired) electrons. The summed E-state index contributed by atoms with van der Waals surface area (Å²) < 4.78 is 0. The number of likely N-dealkylation sites (tertiary alicyclic amines) is 2. The zero-order chi connectivity index (χ0) is 16.9. The third-order valence-electron chi connectivity index (χ3n) is 7.42. The molecule has 0 atom stereocenters. The summed E-state index contributed by atoms with van der Waals surface area (Å²) in [6.07, 6.45) is 11.4. The number of piperidine rings is 4. The van der Waals surface area contributed by atoms with Crippen molar-refractivity contribution in [2.75, 3.05) is 66.5 Å². The Bertz CT molecular complexity index is 316. The number of nitrogens with one attached hydrogen (secondary N) is 2. The first-order valence-corrected chi connectivity index (χ1v) is 10.4. The maximum atomic E-state index is 3.45. The quantitative estimate of drug-likeness (QED) is 0.710. The van der Waals surface area contributed by atoms with Gasteiger partial charge < -0.3 is 20.4 Å². The Morgan fingerprint density at radius 3 is 1.08 bits per heavy atom. The Hall–Kier alpha value is -0.160. The molecule has 0 aromatic rings. The maximum Gasteiger partial charge on any atom is -0.00165 e. The molecule has 0 aromatic heterocycles. The summed E-state index contributed by atoms with van der Waals surface area (Å²) in [6, 6.07) is 0. The van der Waals surface area contributed by atoms with Gasteiger partial charge in [0.25, 0.3) is 0 Å². The molecule has 0 aromatic carbocycles. The molecule has 0 bridgehead atoms. The van der Waals surface area contributed by atoms with E-state index in [1.807, 2.05) is 0 Å². The second-order valence-electron chi connectivity index (χ2n) is 9.11. The van der Waals surface area contributed by atoms with Crippen LogP contribution in [0.2, 0.25) is 0 Å². The van der Waals surface area contributed by atoms with E-state index in [2.05, 4.69) is 34.5 Å². The van der Waals surface area contributed by atoms with Crippen molar-refractivity contribution < 1.29 is 0 Å². The van der Waals surface area contributed by atoms with Crippen LogP contribution in [0, 0.1) is 10.8 Å². The van der Waals surface area contributed by atoms with Crippen molar-refractivity contribution in [3.05, 3.63) is 0 Å². The average molecular weight is 337 g/mol. The zero-order valence-corrected chi connectivity index (χ0v) is 16.2. The van der Waals surface area contributed by atoms with Crippen molar-refractivity contribution >= 4 is 0 Å². The highest BCUT2D eigenvalue weighted by Crippen LogP contribution is 2.39. The lowest BCUT2D eigenvalue weighted by atomic mass is 9.72. The summed E-state index contributed by atoms with van der Waals surface area (Å²) in [5.74, 6) is 0. The summed E-state index contributed by atoms with van der Waals surface area (Å²) in [6.45, 7) is 10.3. The summed E-state index contributed by atoms with van der Waals surface area (Å²) in [5.41, 5.74) is 1.47. The van der Waals surface area contributed by atoms with Crippen LogP contribution in [0.1, 0.15) is 51.4 Å². The second kappa shape index (κ2) is 8.48. The molecule has 4 rings (SSSR count). The predicted octanol–water partition coefficient (Wildman–Crippen LogP) is 2.16. The summed E-state index contributed by atoms with van der Waals surface area (Å²) in [5, 5.41) is 6.91. The average Bonchev–Trinajstić information content (AvgIpc) is 2.63. The fourth-order valence-electron chi connectivity index (χ4n) is 5.10. The molecule has 0 aliphatic carbocycles. The molecule has 24 heavy (non-hydrogen) atoms. The van der Waals surface area contributed by atoms with Gasteiger partial charge >= 0.3 is 0 Å². The monoisotopic (exact) mass is 336 g/mol. The number of hydrogen-bond acceptors (Lipinski definition) is 4. The first-order chi connectivity index (χ1) is 11.6. The van der Waals surface area contributed by atoms with Gasteiger partial charge in [-0.15, -0.1) is 0 Å². The Labute approximate surface area is 149 Å². The van der Waals surface area contributed by atoms with E-state index in [1.54, 1.807) is 0 Å². The Balaban J connectivity index is 0.000000141. The SMILES string of the molecule is CN1CCC2(CCNCC2)CC1.CN1CCC2(CCNCC2)CC1. The standard InChI is InChI=1S/2C10H20N2/c2*1-12-8-4-10(5-9-12)2-6-11-7-3-10/h2*11H,2-9H2,1H3. The third-order valence-corrected chi connectivity index (χ3v) is 7.42. The van der Waals surface area contributed by atoms with Crippen LogP contribution in [-0.4, -0.2) is 76.3 Å². The minimum Gasteiger partial charge on any atom is -0.317 e. The highest BCUT2D eigenvalue weighted by atomic mass is 15.1. The van der Waals surface area contributed by atoms with Gasteiger partial charge in [-0.25, -0.2) is 0 Å². The van der Waals surface area contributed by atoms with Crippen LogP contribution in [0.5, 0.6) is 0 Å². The van der Waals surface area contributed by atoms with Gasteiger partial charge in [-0.1, -0.05) is 0 Å². The molecule has 2 spiro atoms. The van der Waals surface area contributed by atoms with Gasteiger partial charge in [0.2, 0.25) is 0 Å². The number of nitrogens with zero attached hydrogens (tertiary/aromatic N) is 2. The van der Waals surface area contributed by atoms with Crippen LogP contribution < -0.4 is 10.6 Å². The van der Waals surface area contributed by atoms with Crippen LogP contribution in [0.15, 0.2) is 0 Å². The van der Waals surface area contributed by atoms with Gasteiger partial charge in [-0.3, -0.25) is 0 Å². The molecular weight excluding hydrogens is 296 g/mol. The lowest BCUT2D eigenvalue weighted by molar-refractivity contribution is 0.0875. The highest BCUT2D eigenvalue weighted by Gasteiger charge is 2.35. The minimum atomic E-state index is 0.734. The number of rotatable bonds is 0. The molecule has 4 heteroatoms. The zero-order valence-electron chi connectivity index (χ0n) is 16.2. The van der Waals surface area contributed by atoms with E-state index in [0.717, 1.165) is 10.8 Å². The van der Waals surface area contributed by atoms with E-state index in [-0.39, 0.29) is 0 Å². The number of hydrogen-bond donors (Lipinski definition) is 2. The van der Waals surface area contributed by atoms with Crippen molar-refractivity contribution in [1.29, 1.82) is 0 Å². The van der Waals surface area contributed by atoms with Crippen molar-refractivity contribution in [2.24, 2.45) is 10.8 Å². The lowest BCUT2D eigenvalue weighted by Gasteiger charge is -2.43. The predicted molar refractivity (Wildman–Crippen MR) is 103 cm³/mol. The van der Waals surface area contributed by atoms with Crippen LogP contribution in [0.3, 0.4) is 0 Å². The molecule has 0 saturated carbocycles. The van der Waals surface area contributed by atoms with Crippen molar-refractivity contribution in [2.45, 2.75) is 51.4 Å². The molecular formula is C20H40N4. The molecule has 0 unspecified atom stereocenters. The second-order valence-corrected chi connectivity index (χ2v) is 9.11. The molecule has 4 aliphatic heterocycles. The van der Waals surface area contributed by atoms with Crippen molar-refractivity contribution in [1.82, 2.24) is 20.4 Å². The molecule has 2 N–H and O–H groups in total. The highest BCUT2D eigenvalue weighted by molar-refractivity contribution is 4.89. The molecule has 4 aliphatic rings. The normalized spacial score (nSPS) is 30.8. The van der Waals surface area contributed by atoms with E-state index in [4.69, 9.17) is 0 Å². The van der Waals surface area contributed by atoms with Crippen LogP contribution in [0.25, 0.3) is 0 Å². The minimum absolute atomic E-state index is 0.734. The van der Waals surface area contributed by atoms with E-state index in [9.17, 15) is 0 Å². The Morgan fingerprint density at radius 2 is 0.792 bits per heavy atom. The van der Waals surface area contributed by atoms with E-state index in [1.165, 1.54) is 104 Å². The van der Waals surface area contributed by atoms with Gasteiger partial charge in [-0.2, -0.15) is 0 Å². The maximum absolute atomic E-state index is 3.45. The first kappa shape index (κ1) is 18.6. The Kier molecular flexibility index (Phi) is 6.58. The topological polar surface area (TPSA) is 30.5 Å². The molecule has 4 saturated heterocycles. The summed E-state index contributed by atoms with van der Waals surface area (Å²) in [4.78, 5) is 4.93. The van der Waals surface area contributed by atoms with Gasteiger partial charge in [0, 0.05) is 0 Å². The molecule has 4 fully saturated rings. The van der Waals surface area contributed by atoms with Crippen molar-refractivity contribution in [3.63, 3.8) is 0 Å². The van der Waals surface area contributed by atoms with Gasteiger partial charge in [-0.05, 0) is 129 Å². The molecule has 4 heterocycles. The first-order valence-electron chi connectivity index (χ1n) is 10.4. The van der Waals surface area contributed by atoms with Gasteiger partial charge in [0.1, 0.15) is 0 Å². The summed E-state index contributed by atoms with van der Waals surface area (Å²) >= 11 is 0. The lowest BCUT2D eigenvalue weighted by Crippen LogP contribution is -2.44. The Morgan fingerprint density at radius 1 is 0.500 bits per heavy atom. The van der Waals surface area contributed by atoms with Gasteiger partial charge in [0.15, 0.2) is 0 Å². The van der Waals surface area contributed by atoms with Crippen molar-refractivity contribution in [3.8, 4) is 0 Å². The van der Waals surface area contributed by atoms with Crippen LogP contribution in [0.4, 0.5) is 0 Å². The fourth-order valence-corrected chi connectivity index (χ4v) is 5.10. The smallest absolute Gasteiger partial charge is 0.00165 e. The molecule has 0 amide bonds. The van der Waals surface area contributed by atoms with E-state index in [0.29, 0.717) is 0 Å². The summed E-state index contributed by atoms with van der Waals surface area (Å²) in [7, 11) is 4.49. The van der Waals surface area contributed by atoms with Crippen LogP contribution >= 0.6 is 0 Å². The largest absolute Gasteiger partial charge is 0.317 e. The third kappa shape index (κ3) is 4.94. The fraction of sp³-hybridized carbons (Fsp3) is 1.00. The molecule has 140 valence electrons. The van der Waals surface area contributed by atoms with Crippen LogP contribution in [-0.2, 0) is 0 Å². The molecule has 4 nitrogen and oxygen atoms in total. The van der Waals surface area contributed by atoms with E-state index < -0.39 is 0 Å². The van der Waals surface area contributed by atoms with Gasteiger partial charge in [0.05, 0.1) is 0 Å².